The van der Waals surface area contributed by atoms with Crippen LogP contribution in [0, 0.1) is 11.3 Å². The van der Waals surface area contributed by atoms with Crippen LogP contribution in [0.4, 0.5) is 18.2 Å². The fourth-order valence-electron chi connectivity index (χ4n) is 2.78. The molecule has 0 aromatic carbocycles. The van der Waals surface area contributed by atoms with E-state index in [0.717, 1.165) is 43.2 Å². The lowest BCUT2D eigenvalue weighted by Crippen LogP contribution is -2.13. The Labute approximate surface area is 139 Å². The highest BCUT2D eigenvalue weighted by molar-refractivity contribution is 7.16. The molecule has 2 aromatic heterocycles. The molecule has 3 rings (SSSR count). The van der Waals surface area contributed by atoms with Gasteiger partial charge in [0.2, 0.25) is 0 Å². The minimum atomic E-state index is -4.58. The van der Waals surface area contributed by atoms with Gasteiger partial charge in [0.25, 0.3) is 5.91 Å². The number of thiophene rings is 1. The van der Waals surface area contributed by atoms with E-state index >= 15 is 0 Å². The normalized spacial score (nSPS) is 14.1. The summed E-state index contributed by atoms with van der Waals surface area (Å²) in [6.45, 7) is 0. The first-order valence-electron chi connectivity index (χ1n) is 7.28. The summed E-state index contributed by atoms with van der Waals surface area (Å²) >= 11 is 1.31. The highest BCUT2D eigenvalue weighted by atomic mass is 32.1. The van der Waals surface area contributed by atoms with Gasteiger partial charge in [0, 0.05) is 18.0 Å². The van der Waals surface area contributed by atoms with E-state index in [1.807, 2.05) is 0 Å². The van der Waals surface area contributed by atoms with Crippen molar-refractivity contribution in [2.24, 2.45) is 7.05 Å². The molecule has 1 N–H and O–H groups in total. The highest BCUT2D eigenvalue weighted by Crippen LogP contribution is 2.38. The number of hydrogen-bond acceptors (Lipinski definition) is 4. The van der Waals surface area contributed by atoms with Crippen LogP contribution in [0.1, 0.15) is 45.0 Å². The molecule has 9 heteroatoms. The first kappa shape index (κ1) is 16.5. The van der Waals surface area contributed by atoms with Gasteiger partial charge >= 0.3 is 6.18 Å². The molecule has 0 saturated heterocycles. The molecule has 0 radical (unpaired) electrons. The largest absolute Gasteiger partial charge is 0.433 e. The third kappa shape index (κ3) is 2.89. The first-order valence-corrected chi connectivity index (χ1v) is 8.10. The Balaban J connectivity index is 1.89. The van der Waals surface area contributed by atoms with E-state index in [-0.39, 0.29) is 5.69 Å². The van der Waals surface area contributed by atoms with Crippen molar-refractivity contribution in [1.29, 1.82) is 5.26 Å². The SMILES string of the molecule is Cn1nc(C(=O)Nc2sc3c(c2C#N)CCCC3)cc1C(F)(F)F. The second-order valence-corrected chi connectivity index (χ2v) is 6.62. The summed E-state index contributed by atoms with van der Waals surface area (Å²) in [6.07, 6.45) is -0.930. The molecule has 2 heterocycles. The lowest BCUT2D eigenvalue weighted by Gasteiger charge is -2.09. The summed E-state index contributed by atoms with van der Waals surface area (Å²) in [5.74, 6) is -0.754. The number of amides is 1. The number of alkyl halides is 3. The molecule has 0 saturated carbocycles. The number of carbonyl (C=O) groups excluding carboxylic acids is 1. The van der Waals surface area contributed by atoms with Gasteiger partial charge in [-0.05, 0) is 31.2 Å². The number of hydrogen-bond donors (Lipinski definition) is 1. The third-order valence-electron chi connectivity index (χ3n) is 3.91. The molecule has 0 spiro atoms. The number of carbonyl (C=O) groups is 1. The molecule has 1 amide bonds. The maximum absolute atomic E-state index is 12.8. The summed E-state index contributed by atoms with van der Waals surface area (Å²) in [6, 6.07) is 2.79. The predicted molar refractivity (Wildman–Crippen MR) is 81.8 cm³/mol. The van der Waals surface area contributed by atoms with Gasteiger partial charge in [0.15, 0.2) is 5.69 Å². The van der Waals surface area contributed by atoms with Crippen molar-refractivity contribution < 1.29 is 18.0 Å². The number of rotatable bonds is 2. The van der Waals surface area contributed by atoms with Crippen molar-refractivity contribution in [2.45, 2.75) is 31.9 Å². The van der Waals surface area contributed by atoms with Crippen LogP contribution in [-0.2, 0) is 26.1 Å². The number of nitrogens with one attached hydrogen (secondary N) is 1. The topological polar surface area (TPSA) is 70.7 Å². The molecule has 0 aliphatic heterocycles. The smallest absolute Gasteiger partial charge is 0.311 e. The van der Waals surface area contributed by atoms with Gasteiger partial charge in [0.1, 0.15) is 16.8 Å². The zero-order chi connectivity index (χ0) is 17.5. The van der Waals surface area contributed by atoms with Crippen molar-refractivity contribution in [1.82, 2.24) is 9.78 Å². The molecule has 0 bridgehead atoms. The van der Waals surface area contributed by atoms with Crippen molar-refractivity contribution in [3.63, 3.8) is 0 Å². The van der Waals surface area contributed by atoms with Crippen molar-refractivity contribution in [2.75, 3.05) is 5.32 Å². The summed E-state index contributed by atoms with van der Waals surface area (Å²) in [5.41, 5.74) is 0.0230. The van der Waals surface area contributed by atoms with Gasteiger partial charge in [-0.2, -0.15) is 23.5 Å². The Kier molecular flexibility index (Phi) is 4.09. The van der Waals surface area contributed by atoms with Crippen molar-refractivity contribution in [3.05, 3.63) is 33.5 Å². The van der Waals surface area contributed by atoms with E-state index < -0.39 is 17.8 Å². The van der Waals surface area contributed by atoms with Crippen LogP contribution in [0.15, 0.2) is 6.07 Å². The number of aromatic nitrogens is 2. The molecule has 0 atom stereocenters. The van der Waals surface area contributed by atoms with Gasteiger partial charge in [0.05, 0.1) is 5.56 Å². The van der Waals surface area contributed by atoms with Crippen molar-refractivity contribution in [3.8, 4) is 6.07 Å². The van der Waals surface area contributed by atoms with E-state index in [2.05, 4.69) is 16.5 Å². The molecule has 5 nitrogen and oxygen atoms in total. The number of fused-ring (bicyclic) bond motifs is 1. The van der Waals surface area contributed by atoms with Crippen LogP contribution >= 0.6 is 11.3 Å². The second-order valence-electron chi connectivity index (χ2n) is 5.52. The van der Waals surface area contributed by atoms with Gasteiger partial charge in [-0.3, -0.25) is 9.48 Å². The fourth-order valence-corrected chi connectivity index (χ4v) is 4.02. The first-order chi connectivity index (χ1) is 11.3. The molecule has 0 unspecified atom stereocenters. The van der Waals surface area contributed by atoms with E-state index in [1.165, 1.54) is 11.3 Å². The lowest BCUT2D eigenvalue weighted by molar-refractivity contribution is -0.143. The highest BCUT2D eigenvalue weighted by Gasteiger charge is 2.36. The number of anilines is 1. The Bertz CT molecular complexity index is 844. The Morgan fingerprint density at radius 3 is 2.75 bits per heavy atom. The average Bonchev–Trinajstić information content (AvgIpc) is 3.06. The maximum Gasteiger partial charge on any atom is 0.433 e. The van der Waals surface area contributed by atoms with Gasteiger partial charge in [-0.15, -0.1) is 11.3 Å². The zero-order valence-electron chi connectivity index (χ0n) is 12.7. The summed E-state index contributed by atoms with van der Waals surface area (Å²) in [5, 5.41) is 15.9. The van der Waals surface area contributed by atoms with Crippen LogP contribution in [-0.4, -0.2) is 15.7 Å². The predicted octanol–water partition coefficient (Wildman–Crippen LogP) is 3.50. The maximum atomic E-state index is 12.8. The van der Waals surface area contributed by atoms with Gasteiger partial charge < -0.3 is 5.32 Å². The summed E-state index contributed by atoms with van der Waals surface area (Å²) in [7, 11) is 1.13. The van der Waals surface area contributed by atoms with Crippen LogP contribution in [0.2, 0.25) is 0 Å². The Morgan fingerprint density at radius 1 is 1.42 bits per heavy atom. The quantitative estimate of drug-likeness (QED) is 0.897. The molecular formula is C15H13F3N4OS. The summed E-state index contributed by atoms with van der Waals surface area (Å²) < 4.78 is 39.0. The van der Waals surface area contributed by atoms with E-state index in [1.54, 1.807) is 0 Å². The minimum Gasteiger partial charge on any atom is -0.311 e. The van der Waals surface area contributed by atoms with Crippen LogP contribution < -0.4 is 5.32 Å². The van der Waals surface area contributed by atoms with Crippen LogP contribution in [0.3, 0.4) is 0 Å². The second kappa shape index (κ2) is 5.94. The average molecular weight is 354 g/mol. The molecule has 126 valence electrons. The molecule has 1 aliphatic rings. The van der Waals surface area contributed by atoms with E-state index in [9.17, 15) is 23.2 Å². The van der Waals surface area contributed by atoms with E-state index in [4.69, 9.17) is 0 Å². The Morgan fingerprint density at radius 2 is 2.12 bits per heavy atom. The molecule has 24 heavy (non-hydrogen) atoms. The number of halogens is 3. The number of nitriles is 1. The Hall–Kier alpha value is -2.34. The summed E-state index contributed by atoms with van der Waals surface area (Å²) in [4.78, 5) is 13.3. The standard InChI is InChI=1S/C15H13F3N4OS/c1-22-12(15(16,17)18)6-10(21-22)13(23)20-14-9(7-19)8-4-2-3-5-11(8)24-14/h6H,2-5H2,1H3,(H,20,23). The molecular weight excluding hydrogens is 341 g/mol. The molecule has 1 aliphatic carbocycles. The van der Waals surface area contributed by atoms with Crippen LogP contribution in [0.5, 0.6) is 0 Å². The monoisotopic (exact) mass is 354 g/mol. The lowest BCUT2D eigenvalue weighted by atomic mass is 9.96. The number of nitrogens with zero attached hydrogens (tertiary/aromatic N) is 3. The van der Waals surface area contributed by atoms with Crippen molar-refractivity contribution >= 4 is 22.2 Å². The van der Waals surface area contributed by atoms with E-state index in [0.29, 0.717) is 21.3 Å². The molecule has 0 fully saturated rings. The number of aryl methyl sites for hydroxylation is 2. The van der Waals surface area contributed by atoms with Crippen LogP contribution in [0.25, 0.3) is 0 Å². The zero-order valence-corrected chi connectivity index (χ0v) is 13.5. The van der Waals surface area contributed by atoms with Gasteiger partial charge in [-0.25, -0.2) is 0 Å². The third-order valence-corrected chi connectivity index (χ3v) is 5.12. The van der Waals surface area contributed by atoms with Gasteiger partial charge in [-0.1, -0.05) is 0 Å². The minimum absolute atomic E-state index is 0.333. The fraction of sp³-hybridized carbons (Fsp3) is 0.400. The molecule has 2 aromatic rings.